The number of nitro groups is 1. The SMILES string of the molecule is O=C(NCc1ccccc1)c1ccc(O)c([N+](=O)[O-])c1. The minimum absolute atomic E-state index is 0.130. The van der Waals surface area contributed by atoms with Crippen molar-refractivity contribution in [2.75, 3.05) is 0 Å². The van der Waals surface area contributed by atoms with Crippen molar-refractivity contribution in [3.05, 3.63) is 69.8 Å². The Labute approximate surface area is 114 Å². The highest BCUT2D eigenvalue weighted by atomic mass is 16.6. The number of aromatic hydroxyl groups is 1. The number of phenols is 1. The van der Waals surface area contributed by atoms with E-state index in [9.17, 15) is 20.0 Å². The molecule has 102 valence electrons. The van der Waals surface area contributed by atoms with E-state index in [1.54, 1.807) is 0 Å². The van der Waals surface area contributed by atoms with Gasteiger partial charge in [-0.25, -0.2) is 0 Å². The number of nitrogens with one attached hydrogen (secondary N) is 1. The van der Waals surface area contributed by atoms with Crippen LogP contribution in [-0.2, 0) is 6.54 Å². The smallest absolute Gasteiger partial charge is 0.311 e. The molecular formula is C14H12N2O4. The van der Waals surface area contributed by atoms with Crippen LogP contribution in [0.2, 0.25) is 0 Å². The van der Waals surface area contributed by atoms with Crippen molar-refractivity contribution in [1.82, 2.24) is 5.32 Å². The Morgan fingerprint density at radius 3 is 2.55 bits per heavy atom. The molecule has 0 heterocycles. The third-order valence-electron chi connectivity index (χ3n) is 2.73. The normalized spacial score (nSPS) is 10.0. The van der Waals surface area contributed by atoms with Crippen LogP contribution >= 0.6 is 0 Å². The van der Waals surface area contributed by atoms with E-state index in [2.05, 4.69) is 5.32 Å². The molecule has 0 unspecified atom stereocenters. The molecule has 6 nitrogen and oxygen atoms in total. The third kappa shape index (κ3) is 3.11. The van der Waals surface area contributed by atoms with Crippen molar-refractivity contribution >= 4 is 11.6 Å². The molecule has 2 aromatic carbocycles. The van der Waals surface area contributed by atoms with Crippen molar-refractivity contribution in [3.63, 3.8) is 0 Å². The predicted octanol–water partition coefficient (Wildman–Crippen LogP) is 2.23. The molecule has 0 saturated carbocycles. The number of nitro benzene ring substituents is 1. The van der Waals surface area contributed by atoms with E-state index in [0.29, 0.717) is 6.54 Å². The average molecular weight is 272 g/mol. The molecule has 0 radical (unpaired) electrons. The Balaban J connectivity index is 2.10. The molecule has 0 fully saturated rings. The molecule has 2 rings (SSSR count). The predicted molar refractivity (Wildman–Crippen MR) is 72.4 cm³/mol. The maximum atomic E-state index is 11.9. The van der Waals surface area contributed by atoms with Crippen molar-refractivity contribution < 1.29 is 14.8 Å². The van der Waals surface area contributed by atoms with Crippen LogP contribution in [-0.4, -0.2) is 15.9 Å². The first kappa shape index (κ1) is 13.5. The third-order valence-corrected chi connectivity index (χ3v) is 2.73. The highest BCUT2D eigenvalue weighted by Gasteiger charge is 2.16. The number of benzene rings is 2. The number of rotatable bonds is 4. The summed E-state index contributed by atoms with van der Waals surface area (Å²) < 4.78 is 0. The quantitative estimate of drug-likeness (QED) is 0.659. The molecule has 0 saturated heterocycles. The molecule has 0 aliphatic carbocycles. The Hall–Kier alpha value is -2.89. The van der Waals surface area contributed by atoms with E-state index in [1.807, 2.05) is 30.3 Å². The summed E-state index contributed by atoms with van der Waals surface area (Å²) in [7, 11) is 0. The molecule has 2 N–H and O–H groups in total. The van der Waals surface area contributed by atoms with E-state index >= 15 is 0 Å². The molecule has 2 aromatic rings. The first-order valence-electron chi connectivity index (χ1n) is 5.87. The van der Waals surface area contributed by atoms with Crippen molar-refractivity contribution in [3.8, 4) is 5.75 Å². The molecule has 0 aliphatic heterocycles. The van der Waals surface area contributed by atoms with E-state index in [-0.39, 0.29) is 5.56 Å². The minimum atomic E-state index is -0.733. The zero-order chi connectivity index (χ0) is 14.5. The van der Waals surface area contributed by atoms with Gasteiger partial charge in [-0.3, -0.25) is 14.9 Å². The summed E-state index contributed by atoms with van der Waals surface area (Å²) in [5, 5.41) is 22.7. The second-order valence-electron chi connectivity index (χ2n) is 4.13. The Morgan fingerprint density at radius 1 is 1.20 bits per heavy atom. The lowest BCUT2D eigenvalue weighted by molar-refractivity contribution is -0.385. The largest absolute Gasteiger partial charge is 0.502 e. The van der Waals surface area contributed by atoms with Gasteiger partial charge >= 0.3 is 5.69 Å². The van der Waals surface area contributed by atoms with E-state index < -0.39 is 22.3 Å². The van der Waals surface area contributed by atoms with Crippen LogP contribution < -0.4 is 5.32 Å². The highest BCUT2D eigenvalue weighted by molar-refractivity contribution is 5.95. The summed E-state index contributed by atoms with van der Waals surface area (Å²) in [6.07, 6.45) is 0. The summed E-state index contributed by atoms with van der Waals surface area (Å²) in [4.78, 5) is 21.8. The van der Waals surface area contributed by atoms with Crippen LogP contribution in [0, 0.1) is 10.1 Å². The van der Waals surface area contributed by atoms with Gasteiger partial charge in [0.1, 0.15) is 0 Å². The number of carbonyl (C=O) groups is 1. The fourth-order valence-electron chi connectivity index (χ4n) is 1.69. The number of phenolic OH excluding ortho intramolecular Hbond substituents is 1. The average Bonchev–Trinajstić information content (AvgIpc) is 2.46. The molecule has 0 spiro atoms. The minimum Gasteiger partial charge on any atom is -0.502 e. The summed E-state index contributed by atoms with van der Waals surface area (Å²) in [5.41, 5.74) is 0.567. The molecule has 0 aliphatic rings. The fraction of sp³-hybridized carbons (Fsp3) is 0.0714. The van der Waals surface area contributed by atoms with Crippen LogP contribution in [0.15, 0.2) is 48.5 Å². The molecular weight excluding hydrogens is 260 g/mol. The lowest BCUT2D eigenvalue weighted by atomic mass is 10.1. The molecule has 1 amide bonds. The molecule has 0 aromatic heterocycles. The van der Waals surface area contributed by atoms with Gasteiger partial charge in [0.15, 0.2) is 5.75 Å². The van der Waals surface area contributed by atoms with Gasteiger partial charge in [-0.1, -0.05) is 30.3 Å². The maximum absolute atomic E-state index is 11.9. The number of carbonyl (C=O) groups excluding carboxylic acids is 1. The molecule has 0 atom stereocenters. The van der Waals surface area contributed by atoms with Gasteiger partial charge in [-0.2, -0.15) is 0 Å². The zero-order valence-corrected chi connectivity index (χ0v) is 10.4. The summed E-state index contributed by atoms with van der Waals surface area (Å²) >= 11 is 0. The monoisotopic (exact) mass is 272 g/mol. The molecule has 6 heteroatoms. The van der Waals surface area contributed by atoms with Crippen LogP contribution in [0.5, 0.6) is 5.75 Å². The van der Waals surface area contributed by atoms with Crippen molar-refractivity contribution in [2.24, 2.45) is 0 Å². The van der Waals surface area contributed by atoms with Crippen LogP contribution in [0.25, 0.3) is 0 Å². The lowest BCUT2D eigenvalue weighted by Crippen LogP contribution is -2.22. The van der Waals surface area contributed by atoms with Crippen LogP contribution in [0.3, 0.4) is 0 Å². The van der Waals surface area contributed by atoms with E-state index in [1.165, 1.54) is 6.07 Å². The summed E-state index contributed by atoms with van der Waals surface area (Å²) in [5.74, 6) is -0.897. The lowest BCUT2D eigenvalue weighted by Gasteiger charge is -2.05. The topological polar surface area (TPSA) is 92.5 Å². The number of amides is 1. The van der Waals surface area contributed by atoms with Crippen molar-refractivity contribution in [1.29, 1.82) is 0 Å². The van der Waals surface area contributed by atoms with Gasteiger partial charge in [-0.15, -0.1) is 0 Å². The molecule has 20 heavy (non-hydrogen) atoms. The van der Waals surface area contributed by atoms with Gasteiger partial charge < -0.3 is 10.4 Å². The van der Waals surface area contributed by atoms with Gasteiger partial charge in [0, 0.05) is 18.2 Å². The number of nitrogens with zero attached hydrogens (tertiary/aromatic N) is 1. The Morgan fingerprint density at radius 2 is 1.90 bits per heavy atom. The Bertz CT molecular complexity index is 641. The first-order chi connectivity index (χ1) is 9.58. The number of hydrogen-bond donors (Lipinski definition) is 2. The fourth-order valence-corrected chi connectivity index (χ4v) is 1.69. The number of hydrogen-bond acceptors (Lipinski definition) is 4. The Kier molecular flexibility index (Phi) is 3.95. The summed E-state index contributed by atoms with van der Waals surface area (Å²) in [6.45, 7) is 0.328. The van der Waals surface area contributed by atoms with E-state index in [0.717, 1.165) is 17.7 Å². The molecule has 0 bridgehead atoms. The van der Waals surface area contributed by atoms with Gasteiger partial charge in [0.25, 0.3) is 5.91 Å². The van der Waals surface area contributed by atoms with Gasteiger partial charge in [-0.05, 0) is 17.7 Å². The second-order valence-corrected chi connectivity index (χ2v) is 4.13. The first-order valence-corrected chi connectivity index (χ1v) is 5.87. The maximum Gasteiger partial charge on any atom is 0.311 e. The van der Waals surface area contributed by atoms with Crippen LogP contribution in [0.4, 0.5) is 5.69 Å². The van der Waals surface area contributed by atoms with Crippen molar-refractivity contribution in [2.45, 2.75) is 6.54 Å². The highest BCUT2D eigenvalue weighted by Crippen LogP contribution is 2.26. The van der Waals surface area contributed by atoms with Gasteiger partial charge in [0.2, 0.25) is 0 Å². The zero-order valence-electron chi connectivity index (χ0n) is 10.4. The second kappa shape index (κ2) is 5.83. The van der Waals surface area contributed by atoms with E-state index in [4.69, 9.17) is 0 Å². The standard InChI is InChI=1S/C14H12N2O4/c17-13-7-6-11(8-12(13)16(19)20)14(18)15-9-10-4-2-1-3-5-10/h1-8,17H,9H2,(H,15,18). The summed E-state index contributed by atoms with van der Waals surface area (Å²) in [6, 6.07) is 12.8. The van der Waals surface area contributed by atoms with Gasteiger partial charge in [0.05, 0.1) is 4.92 Å². The van der Waals surface area contributed by atoms with Crippen LogP contribution in [0.1, 0.15) is 15.9 Å².